The van der Waals surface area contributed by atoms with Gasteiger partial charge in [0.2, 0.25) is 10.0 Å². The SMILES string of the molecule is CN1CCCC(NS(=O)(=O)c2ccc(C(N)=S)c(Cl)c2)C1. The number of nitrogens with one attached hydrogen (secondary N) is 1. The minimum Gasteiger partial charge on any atom is -0.389 e. The molecule has 2 rings (SSSR count). The van der Waals surface area contributed by atoms with Crippen molar-refractivity contribution in [2.45, 2.75) is 23.8 Å². The molecule has 1 aliphatic rings. The predicted octanol–water partition coefficient (Wildman–Crippen LogP) is 1.35. The summed E-state index contributed by atoms with van der Waals surface area (Å²) in [6.45, 7) is 1.70. The smallest absolute Gasteiger partial charge is 0.240 e. The minimum absolute atomic E-state index is 0.0808. The molecule has 0 aliphatic carbocycles. The lowest BCUT2D eigenvalue weighted by Gasteiger charge is -2.30. The number of likely N-dealkylation sites (tertiary alicyclic amines) is 1. The lowest BCUT2D eigenvalue weighted by Crippen LogP contribution is -2.46. The van der Waals surface area contributed by atoms with Crippen LogP contribution in [0.1, 0.15) is 18.4 Å². The van der Waals surface area contributed by atoms with Gasteiger partial charge in [-0.15, -0.1) is 0 Å². The van der Waals surface area contributed by atoms with Gasteiger partial charge in [0.15, 0.2) is 0 Å². The number of piperidine rings is 1. The number of halogens is 1. The van der Waals surface area contributed by atoms with E-state index in [-0.39, 0.29) is 20.9 Å². The first-order valence-corrected chi connectivity index (χ1v) is 8.87. The fourth-order valence-electron chi connectivity index (χ4n) is 2.41. The maximum Gasteiger partial charge on any atom is 0.240 e. The first-order valence-electron chi connectivity index (χ1n) is 6.60. The number of likely N-dealkylation sites (N-methyl/N-ethyl adjacent to an activating group) is 1. The Morgan fingerprint density at radius 1 is 1.52 bits per heavy atom. The number of nitrogens with zero attached hydrogens (tertiary/aromatic N) is 1. The molecule has 0 aromatic heterocycles. The molecule has 0 bridgehead atoms. The second-order valence-electron chi connectivity index (χ2n) is 5.23. The summed E-state index contributed by atoms with van der Waals surface area (Å²) in [5.74, 6) is 0. The highest BCUT2D eigenvalue weighted by Gasteiger charge is 2.24. The summed E-state index contributed by atoms with van der Waals surface area (Å²) in [4.78, 5) is 2.38. The fraction of sp³-hybridized carbons (Fsp3) is 0.462. The summed E-state index contributed by atoms with van der Waals surface area (Å²) in [6.07, 6.45) is 1.81. The summed E-state index contributed by atoms with van der Waals surface area (Å²) >= 11 is 10.9. The van der Waals surface area contributed by atoms with Gasteiger partial charge in [-0.1, -0.05) is 23.8 Å². The molecule has 0 radical (unpaired) electrons. The zero-order valence-corrected chi connectivity index (χ0v) is 14.1. The standard InChI is InChI=1S/C13H18ClN3O2S2/c1-17-6-2-3-9(8-17)16-21(18,19)10-4-5-11(13(15)20)12(14)7-10/h4-5,7,9,16H,2-3,6,8H2,1H3,(H2,15,20). The van der Waals surface area contributed by atoms with Crippen LogP contribution in [0.3, 0.4) is 0 Å². The van der Waals surface area contributed by atoms with Crippen molar-refractivity contribution in [3.8, 4) is 0 Å². The zero-order chi connectivity index (χ0) is 15.6. The second kappa shape index (κ2) is 6.58. The topological polar surface area (TPSA) is 75.4 Å². The normalized spacial score (nSPS) is 20.4. The van der Waals surface area contributed by atoms with Crippen LogP contribution in [0, 0.1) is 0 Å². The van der Waals surface area contributed by atoms with E-state index in [1.54, 1.807) is 0 Å². The third kappa shape index (κ3) is 4.14. The average molecular weight is 348 g/mol. The van der Waals surface area contributed by atoms with Crippen LogP contribution < -0.4 is 10.5 Å². The quantitative estimate of drug-likeness (QED) is 0.804. The van der Waals surface area contributed by atoms with Gasteiger partial charge in [-0.2, -0.15) is 0 Å². The van der Waals surface area contributed by atoms with Crippen molar-refractivity contribution >= 4 is 38.8 Å². The minimum atomic E-state index is -3.59. The Labute approximate surface area is 135 Å². The molecule has 21 heavy (non-hydrogen) atoms. The second-order valence-corrected chi connectivity index (χ2v) is 7.79. The summed E-state index contributed by atoms with van der Waals surface area (Å²) in [5.41, 5.74) is 5.99. The van der Waals surface area contributed by atoms with E-state index in [1.165, 1.54) is 18.2 Å². The largest absolute Gasteiger partial charge is 0.389 e. The van der Waals surface area contributed by atoms with Gasteiger partial charge < -0.3 is 10.6 Å². The monoisotopic (exact) mass is 347 g/mol. The summed E-state index contributed by atoms with van der Waals surface area (Å²) in [7, 11) is -1.61. The van der Waals surface area contributed by atoms with E-state index in [0.29, 0.717) is 12.1 Å². The summed E-state index contributed by atoms with van der Waals surface area (Å²) in [6, 6.07) is 4.30. The number of hydrogen-bond donors (Lipinski definition) is 2. The average Bonchev–Trinajstić information content (AvgIpc) is 2.37. The highest BCUT2D eigenvalue weighted by molar-refractivity contribution is 7.89. The Hall–Kier alpha value is -0.730. The van der Waals surface area contributed by atoms with Crippen LogP contribution in [0.25, 0.3) is 0 Å². The van der Waals surface area contributed by atoms with Gasteiger partial charge in [0.05, 0.1) is 9.92 Å². The van der Waals surface area contributed by atoms with E-state index in [4.69, 9.17) is 29.6 Å². The highest BCUT2D eigenvalue weighted by Crippen LogP contribution is 2.21. The number of thiocarbonyl (C=S) groups is 1. The molecule has 0 saturated carbocycles. The van der Waals surface area contributed by atoms with Crippen molar-refractivity contribution in [3.63, 3.8) is 0 Å². The molecule has 5 nitrogen and oxygen atoms in total. The van der Waals surface area contributed by atoms with Gasteiger partial charge in [-0.05, 0) is 44.6 Å². The van der Waals surface area contributed by atoms with Gasteiger partial charge in [0.1, 0.15) is 4.99 Å². The Bertz CT molecular complexity index is 649. The molecule has 1 heterocycles. The molecule has 1 unspecified atom stereocenters. The van der Waals surface area contributed by atoms with Crippen molar-refractivity contribution in [2.24, 2.45) is 5.73 Å². The van der Waals surface area contributed by atoms with Crippen molar-refractivity contribution in [3.05, 3.63) is 28.8 Å². The van der Waals surface area contributed by atoms with Gasteiger partial charge in [0, 0.05) is 18.2 Å². The molecule has 1 atom stereocenters. The maximum absolute atomic E-state index is 12.4. The molecule has 8 heteroatoms. The first-order chi connectivity index (χ1) is 9.79. The van der Waals surface area contributed by atoms with E-state index in [9.17, 15) is 8.42 Å². The van der Waals surface area contributed by atoms with E-state index in [2.05, 4.69) is 9.62 Å². The maximum atomic E-state index is 12.4. The number of nitrogens with two attached hydrogens (primary N) is 1. The van der Waals surface area contributed by atoms with E-state index in [0.717, 1.165) is 19.4 Å². The van der Waals surface area contributed by atoms with Crippen LogP contribution in [0.15, 0.2) is 23.1 Å². The van der Waals surface area contributed by atoms with Crippen LogP contribution in [-0.4, -0.2) is 44.5 Å². The number of hydrogen-bond acceptors (Lipinski definition) is 4. The molecule has 1 aromatic rings. The molecular weight excluding hydrogens is 330 g/mol. The van der Waals surface area contributed by atoms with Crippen LogP contribution in [0.4, 0.5) is 0 Å². The van der Waals surface area contributed by atoms with E-state index < -0.39 is 10.0 Å². The Morgan fingerprint density at radius 2 is 2.24 bits per heavy atom. The van der Waals surface area contributed by atoms with Crippen LogP contribution in [-0.2, 0) is 10.0 Å². The highest BCUT2D eigenvalue weighted by atomic mass is 35.5. The lowest BCUT2D eigenvalue weighted by molar-refractivity contribution is 0.242. The third-order valence-corrected chi connectivity index (χ3v) is 5.51. The van der Waals surface area contributed by atoms with Crippen LogP contribution in [0.5, 0.6) is 0 Å². The summed E-state index contributed by atoms with van der Waals surface area (Å²) < 4.78 is 27.5. The molecule has 1 aromatic carbocycles. The zero-order valence-electron chi connectivity index (χ0n) is 11.7. The van der Waals surface area contributed by atoms with Gasteiger partial charge >= 0.3 is 0 Å². The van der Waals surface area contributed by atoms with Crippen molar-refractivity contribution < 1.29 is 8.42 Å². The molecule has 0 spiro atoms. The third-order valence-electron chi connectivity index (χ3n) is 3.46. The van der Waals surface area contributed by atoms with Crippen LogP contribution in [0.2, 0.25) is 5.02 Å². The molecule has 1 fully saturated rings. The molecule has 3 N–H and O–H groups in total. The van der Waals surface area contributed by atoms with E-state index >= 15 is 0 Å². The Balaban J connectivity index is 2.19. The molecule has 1 saturated heterocycles. The van der Waals surface area contributed by atoms with Gasteiger partial charge in [0.25, 0.3) is 0 Å². The Morgan fingerprint density at radius 3 is 2.81 bits per heavy atom. The molecule has 1 aliphatic heterocycles. The van der Waals surface area contributed by atoms with Crippen molar-refractivity contribution in [1.29, 1.82) is 0 Å². The van der Waals surface area contributed by atoms with Gasteiger partial charge in [-0.3, -0.25) is 0 Å². The van der Waals surface area contributed by atoms with Crippen molar-refractivity contribution in [1.82, 2.24) is 9.62 Å². The fourth-order valence-corrected chi connectivity index (χ4v) is 4.28. The predicted molar refractivity (Wildman–Crippen MR) is 88.2 cm³/mol. The van der Waals surface area contributed by atoms with Crippen molar-refractivity contribution in [2.75, 3.05) is 20.1 Å². The molecule has 0 amide bonds. The molecule has 116 valence electrons. The number of benzene rings is 1. The van der Waals surface area contributed by atoms with Gasteiger partial charge in [-0.25, -0.2) is 13.1 Å². The Kier molecular flexibility index (Phi) is 5.21. The van der Waals surface area contributed by atoms with Crippen LogP contribution >= 0.6 is 23.8 Å². The lowest BCUT2D eigenvalue weighted by atomic mass is 10.1. The number of sulfonamides is 1. The first kappa shape index (κ1) is 16.6. The van der Waals surface area contributed by atoms with E-state index in [1.807, 2.05) is 7.05 Å². The number of rotatable bonds is 4. The molecular formula is C13H18ClN3O2S2. The summed E-state index contributed by atoms with van der Waals surface area (Å²) in [5, 5.41) is 0.242.